The predicted octanol–water partition coefficient (Wildman–Crippen LogP) is 1.76. The lowest BCUT2D eigenvalue weighted by Crippen LogP contribution is -2.32. The van der Waals surface area contributed by atoms with E-state index in [0.29, 0.717) is 6.54 Å². The first-order valence-corrected chi connectivity index (χ1v) is 6.86. The SMILES string of the molecule is CCCCSC(C)C(=O)NCCCCN. The van der Waals surface area contributed by atoms with E-state index in [1.54, 1.807) is 11.8 Å². The summed E-state index contributed by atoms with van der Waals surface area (Å²) in [5, 5.41) is 3.01. The number of nitrogens with one attached hydrogen (secondary N) is 1. The minimum atomic E-state index is 0.0782. The third-order valence-corrected chi connectivity index (χ3v) is 3.40. The Morgan fingerprint density at radius 3 is 2.73 bits per heavy atom. The van der Waals surface area contributed by atoms with Crippen molar-refractivity contribution in [1.82, 2.24) is 5.32 Å². The van der Waals surface area contributed by atoms with Gasteiger partial charge in [0.2, 0.25) is 5.91 Å². The Labute approximate surface area is 97.6 Å². The van der Waals surface area contributed by atoms with Crippen LogP contribution in [0.3, 0.4) is 0 Å². The second kappa shape index (κ2) is 10.3. The van der Waals surface area contributed by atoms with Crippen molar-refractivity contribution in [2.75, 3.05) is 18.8 Å². The van der Waals surface area contributed by atoms with Crippen molar-refractivity contribution in [2.45, 2.75) is 44.8 Å². The van der Waals surface area contributed by atoms with Gasteiger partial charge in [0.25, 0.3) is 0 Å². The van der Waals surface area contributed by atoms with Gasteiger partial charge in [-0.3, -0.25) is 4.79 Å². The van der Waals surface area contributed by atoms with Gasteiger partial charge < -0.3 is 11.1 Å². The Balaban J connectivity index is 3.42. The maximum atomic E-state index is 11.5. The molecule has 0 fully saturated rings. The van der Waals surface area contributed by atoms with E-state index in [9.17, 15) is 4.79 Å². The average Bonchev–Trinajstić information content (AvgIpc) is 2.24. The first kappa shape index (κ1) is 14.8. The molecule has 90 valence electrons. The van der Waals surface area contributed by atoms with E-state index in [4.69, 9.17) is 5.73 Å². The first-order valence-electron chi connectivity index (χ1n) is 5.81. The molecule has 0 saturated heterocycles. The molecule has 0 saturated carbocycles. The highest BCUT2D eigenvalue weighted by Gasteiger charge is 2.11. The van der Waals surface area contributed by atoms with Gasteiger partial charge >= 0.3 is 0 Å². The zero-order valence-corrected chi connectivity index (χ0v) is 10.7. The van der Waals surface area contributed by atoms with Gasteiger partial charge in [0.05, 0.1) is 5.25 Å². The van der Waals surface area contributed by atoms with E-state index in [-0.39, 0.29) is 11.2 Å². The lowest BCUT2D eigenvalue weighted by molar-refractivity contribution is -0.120. The molecule has 0 heterocycles. The highest BCUT2D eigenvalue weighted by molar-refractivity contribution is 8.00. The monoisotopic (exact) mass is 232 g/mol. The van der Waals surface area contributed by atoms with E-state index in [2.05, 4.69) is 12.2 Å². The summed E-state index contributed by atoms with van der Waals surface area (Å²) in [5.41, 5.74) is 5.37. The Hall–Kier alpha value is -0.220. The molecule has 0 rings (SSSR count). The van der Waals surface area contributed by atoms with Crippen molar-refractivity contribution >= 4 is 17.7 Å². The fourth-order valence-corrected chi connectivity index (χ4v) is 2.15. The largest absolute Gasteiger partial charge is 0.355 e. The number of nitrogens with two attached hydrogens (primary N) is 1. The molecular weight excluding hydrogens is 208 g/mol. The van der Waals surface area contributed by atoms with Gasteiger partial charge in [-0.1, -0.05) is 13.3 Å². The summed E-state index contributed by atoms with van der Waals surface area (Å²) in [6, 6.07) is 0. The molecule has 0 spiro atoms. The number of amides is 1. The Kier molecular flexibility index (Phi) is 10.2. The van der Waals surface area contributed by atoms with Crippen molar-refractivity contribution in [1.29, 1.82) is 0 Å². The van der Waals surface area contributed by atoms with Crippen LogP contribution in [0, 0.1) is 0 Å². The number of hydrogen-bond acceptors (Lipinski definition) is 3. The molecule has 1 amide bonds. The Bertz CT molecular complexity index is 165. The molecule has 0 radical (unpaired) electrons. The fourth-order valence-electron chi connectivity index (χ4n) is 1.10. The smallest absolute Gasteiger partial charge is 0.232 e. The molecule has 4 heteroatoms. The van der Waals surface area contributed by atoms with E-state index in [1.807, 2.05) is 6.92 Å². The molecule has 0 bridgehead atoms. The molecule has 0 aliphatic carbocycles. The van der Waals surface area contributed by atoms with Crippen LogP contribution in [0.2, 0.25) is 0 Å². The number of hydrogen-bond donors (Lipinski definition) is 2. The van der Waals surface area contributed by atoms with Crippen LogP contribution in [0.1, 0.15) is 39.5 Å². The summed E-state index contributed by atoms with van der Waals surface area (Å²) in [5.74, 6) is 1.24. The molecule has 3 nitrogen and oxygen atoms in total. The summed E-state index contributed by atoms with van der Waals surface area (Å²) < 4.78 is 0. The van der Waals surface area contributed by atoms with Crippen LogP contribution in [0.5, 0.6) is 0 Å². The van der Waals surface area contributed by atoms with Gasteiger partial charge in [0.1, 0.15) is 0 Å². The van der Waals surface area contributed by atoms with E-state index >= 15 is 0 Å². The van der Waals surface area contributed by atoms with Crippen LogP contribution in [-0.4, -0.2) is 30.0 Å². The maximum absolute atomic E-state index is 11.5. The summed E-state index contributed by atoms with van der Waals surface area (Å²) in [6.45, 7) is 5.60. The van der Waals surface area contributed by atoms with Crippen LogP contribution in [0.25, 0.3) is 0 Å². The first-order chi connectivity index (χ1) is 7.22. The Morgan fingerprint density at radius 2 is 2.13 bits per heavy atom. The van der Waals surface area contributed by atoms with Crippen molar-refractivity contribution < 1.29 is 4.79 Å². The number of carbonyl (C=O) groups is 1. The molecule has 1 unspecified atom stereocenters. The molecule has 0 aromatic rings. The highest BCUT2D eigenvalue weighted by atomic mass is 32.2. The van der Waals surface area contributed by atoms with Gasteiger partial charge in [0, 0.05) is 6.54 Å². The fraction of sp³-hybridized carbons (Fsp3) is 0.909. The summed E-state index contributed by atoms with van der Waals surface area (Å²) in [7, 11) is 0. The predicted molar refractivity (Wildman–Crippen MR) is 68.1 cm³/mol. The normalized spacial score (nSPS) is 12.5. The lowest BCUT2D eigenvalue weighted by atomic mass is 10.3. The minimum absolute atomic E-state index is 0.0782. The number of thioether (sulfide) groups is 1. The van der Waals surface area contributed by atoms with Crippen molar-refractivity contribution in [3.63, 3.8) is 0 Å². The van der Waals surface area contributed by atoms with Crippen LogP contribution in [0.15, 0.2) is 0 Å². The van der Waals surface area contributed by atoms with Gasteiger partial charge in [-0.15, -0.1) is 11.8 Å². The third kappa shape index (κ3) is 8.75. The summed E-state index contributed by atoms with van der Waals surface area (Å²) >= 11 is 1.74. The van der Waals surface area contributed by atoms with Crippen molar-refractivity contribution in [2.24, 2.45) is 5.73 Å². The quantitative estimate of drug-likeness (QED) is 0.596. The second-order valence-corrected chi connectivity index (χ2v) is 5.10. The zero-order chi connectivity index (χ0) is 11.5. The maximum Gasteiger partial charge on any atom is 0.232 e. The summed E-state index contributed by atoms with van der Waals surface area (Å²) in [4.78, 5) is 11.5. The summed E-state index contributed by atoms with van der Waals surface area (Å²) in [6.07, 6.45) is 4.35. The number of unbranched alkanes of at least 4 members (excludes halogenated alkanes) is 2. The molecule has 0 aromatic heterocycles. The van der Waals surface area contributed by atoms with Crippen LogP contribution >= 0.6 is 11.8 Å². The molecule has 3 N–H and O–H groups in total. The van der Waals surface area contributed by atoms with E-state index < -0.39 is 0 Å². The van der Waals surface area contributed by atoms with Gasteiger partial charge in [-0.2, -0.15) is 0 Å². The van der Waals surface area contributed by atoms with Crippen LogP contribution in [-0.2, 0) is 4.79 Å². The lowest BCUT2D eigenvalue weighted by Gasteiger charge is -2.11. The van der Waals surface area contributed by atoms with E-state index in [1.165, 1.54) is 12.8 Å². The van der Waals surface area contributed by atoms with E-state index in [0.717, 1.165) is 25.1 Å². The molecule has 15 heavy (non-hydrogen) atoms. The van der Waals surface area contributed by atoms with Gasteiger partial charge in [0.15, 0.2) is 0 Å². The minimum Gasteiger partial charge on any atom is -0.355 e. The molecular formula is C11H24N2OS. The third-order valence-electron chi connectivity index (χ3n) is 2.17. The average molecular weight is 232 g/mol. The Morgan fingerprint density at radius 1 is 1.40 bits per heavy atom. The standard InChI is InChI=1S/C11H24N2OS/c1-3-4-9-15-10(2)11(14)13-8-6-5-7-12/h10H,3-9,12H2,1-2H3,(H,13,14). The molecule has 0 aromatic carbocycles. The molecule has 0 aliphatic heterocycles. The second-order valence-electron chi connectivity index (χ2n) is 3.65. The molecule has 0 aliphatic rings. The number of carbonyl (C=O) groups excluding carboxylic acids is 1. The molecule has 1 atom stereocenters. The van der Waals surface area contributed by atoms with Gasteiger partial charge in [-0.05, 0) is 38.5 Å². The van der Waals surface area contributed by atoms with Crippen LogP contribution < -0.4 is 11.1 Å². The van der Waals surface area contributed by atoms with Crippen LogP contribution in [0.4, 0.5) is 0 Å². The number of rotatable bonds is 9. The zero-order valence-electron chi connectivity index (χ0n) is 9.92. The van der Waals surface area contributed by atoms with Gasteiger partial charge in [-0.25, -0.2) is 0 Å². The van der Waals surface area contributed by atoms with Crippen molar-refractivity contribution in [3.05, 3.63) is 0 Å². The topological polar surface area (TPSA) is 55.1 Å². The van der Waals surface area contributed by atoms with Crippen molar-refractivity contribution in [3.8, 4) is 0 Å². The highest BCUT2D eigenvalue weighted by Crippen LogP contribution is 2.12.